The third kappa shape index (κ3) is 4.12. The maximum Gasteiger partial charge on any atom is 0.0737 e. The first-order valence-electron chi connectivity index (χ1n) is 12.0. The average Bonchev–Trinajstić information content (AvgIpc) is 2.87. The Balaban J connectivity index is 1.10. The van der Waals surface area contributed by atoms with Crippen molar-refractivity contribution in [2.24, 2.45) is 0 Å². The lowest BCUT2D eigenvalue weighted by molar-refractivity contribution is 0.111. The van der Waals surface area contributed by atoms with Crippen molar-refractivity contribution in [2.45, 2.75) is 12.5 Å². The molecule has 1 aliphatic carbocycles. The average molecular weight is 467 g/mol. The Kier molecular flexibility index (Phi) is 5.84. The van der Waals surface area contributed by atoms with Crippen LogP contribution in [0.2, 0.25) is 5.02 Å². The molecule has 1 atom stereocenters. The first-order chi connectivity index (χ1) is 16.8. The standard InChI is InChI=1S/C29H27ClN4/c30-23-9-10-26-27(11-12-31-28(26)20-23)32-13-14-33-15-17-34(18-16-33)29-24-7-3-1-5-21(24)19-22-6-2-4-8-25(22)29/h1,3,5-12,20,29H,13-19H2,(H,31,32). The molecule has 34 heavy (non-hydrogen) atoms. The van der Waals surface area contributed by atoms with Gasteiger partial charge in [0.1, 0.15) is 0 Å². The first-order valence-corrected chi connectivity index (χ1v) is 12.4. The van der Waals surface area contributed by atoms with E-state index in [1.165, 1.54) is 22.3 Å². The van der Waals surface area contributed by atoms with Gasteiger partial charge in [0.2, 0.25) is 0 Å². The SMILES string of the molecule is Clc1ccc2c(NCCN3CCN(C4c5cc#ccc5Cc5ccccc54)CC3)ccnc2c1. The number of fused-ring (bicyclic) bond motifs is 3. The normalized spacial score (nSPS) is 16.6. The van der Waals surface area contributed by atoms with Gasteiger partial charge < -0.3 is 5.32 Å². The number of benzene rings is 2. The minimum Gasteiger partial charge on any atom is -0.383 e. The summed E-state index contributed by atoms with van der Waals surface area (Å²) >= 11 is 6.13. The van der Waals surface area contributed by atoms with Crippen LogP contribution in [0.4, 0.5) is 5.69 Å². The van der Waals surface area contributed by atoms with Crippen molar-refractivity contribution >= 4 is 28.2 Å². The van der Waals surface area contributed by atoms with Gasteiger partial charge >= 0.3 is 0 Å². The fourth-order valence-electron chi connectivity index (χ4n) is 5.43. The summed E-state index contributed by atoms with van der Waals surface area (Å²) < 4.78 is 0. The molecule has 3 aromatic carbocycles. The topological polar surface area (TPSA) is 31.4 Å². The van der Waals surface area contributed by atoms with Crippen molar-refractivity contribution in [3.63, 3.8) is 0 Å². The van der Waals surface area contributed by atoms with Gasteiger partial charge in [-0.3, -0.25) is 14.8 Å². The molecule has 4 aromatic rings. The van der Waals surface area contributed by atoms with Crippen LogP contribution in [0.15, 0.2) is 66.9 Å². The molecule has 0 amide bonds. The van der Waals surface area contributed by atoms with Gasteiger partial charge in [-0.15, -0.1) is 0 Å². The molecule has 0 saturated carbocycles. The third-order valence-corrected chi connectivity index (χ3v) is 7.41. The maximum absolute atomic E-state index is 6.13. The fourth-order valence-corrected chi connectivity index (χ4v) is 5.60. The molecule has 0 bridgehead atoms. The Labute approximate surface area is 206 Å². The summed E-state index contributed by atoms with van der Waals surface area (Å²) in [5.41, 5.74) is 7.72. The zero-order valence-electron chi connectivity index (χ0n) is 19.1. The van der Waals surface area contributed by atoms with E-state index in [0.717, 1.165) is 62.3 Å². The molecule has 0 radical (unpaired) electrons. The van der Waals surface area contributed by atoms with E-state index >= 15 is 0 Å². The molecule has 2 heterocycles. The molecule has 5 heteroatoms. The Morgan fingerprint density at radius 1 is 0.941 bits per heavy atom. The second kappa shape index (κ2) is 9.27. The van der Waals surface area contributed by atoms with Crippen LogP contribution in [-0.2, 0) is 6.42 Å². The number of aromatic nitrogens is 1. The van der Waals surface area contributed by atoms with Gasteiger partial charge in [-0.1, -0.05) is 48.0 Å². The highest BCUT2D eigenvalue weighted by molar-refractivity contribution is 6.31. The lowest BCUT2D eigenvalue weighted by atomic mass is 9.82. The van der Waals surface area contributed by atoms with Crippen LogP contribution in [0.25, 0.3) is 10.9 Å². The summed E-state index contributed by atoms with van der Waals surface area (Å²) in [6.07, 6.45) is 2.84. The third-order valence-electron chi connectivity index (χ3n) is 7.17. The molecule has 2 aliphatic rings. The highest BCUT2D eigenvalue weighted by Gasteiger charge is 2.31. The molecule has 1 N–H and O–H groups in total. The summed E-state index contributed by atoms with van der Waals surface area (Å²) in [6.45, 7) is 6.20. The summed E-state index contributed by atoms with van der Waals surface area (Å²) in [5.74, 6) is 0. The van der Waals surface area contributed by atoms with Crippen LogP contribution >= 0.6 is 11.6 Å². The van der Waals surface area contributed by atoms with E-state index < -0.39 is 0 Å². The van der Waals surface area contributed by atoms with E-state index in [4.69, 9.17) is 11.6 Å². The number of piperazine rings is 1. The molecule has 1 saturated heterocycles. The van der Waals surface area contributed by atoms with E-state index in [1.807, 2.05) is 30.5 Å². The van der Waals surface area contributed by atoms with Gasteiger partial charge in [0, 0.05) is 61.6 Å². The van der Waals surface area contributed by atoms with Crippen LogP contribution in [0, 0.1) is 12.1 Å². The number of nitrogens with zero attached hydrogens (tertiary/aromatic N) is 3. The summed E-state index contributed by atoms with van der Waals surface area (Å²) in [4.78, 5) is 9.65. The second-order valence-electron chi connectivity index (χ2n) is 9.16. The van der Waals surface area contributed by atoms with E-state index in [1.54, 1.807) is 0 Å². The summed E-state index contributed by atoms with van der Waals surface area (Å²) in [6, 6.07) is 27.8. The van der Waals surface area contributed by atoms with Crippen molar-refractivity contribution in [3.8, 4) is 0 Å². The fraction of sp³-hybridized carbons (Fsp3) is 0.276. The molecule has 1 aromatic heterocycles. The predicted octanol–water partition coefficient (Wildman–Crippen LogP) is 5.21. The predicted molar refractivity (Wildman–Crippen MR) is 138 cm³/mol. The van der Waals surface area contributed by atoms with Gasteiger partial charge in [-0.25, -0.2) is 0 Å². The maximum atomic E-state index is 6.13. The quantitative estimate of drug-likeness (QED) is 0.437. The smallest absolute Gasteiger partial charge is 0.0737 e. The molecule has 170 valence electrons. The van der Waals surface area contributed by atoms with Gasteiger partial charge in [0.05, 0.1) is 11.6 Å². The minimum atomic E-state index is 0.320. The second-order valence-corrected chi connectivity index (χ2v) is 9.60. The molecular weight excluding hydrogens is 440 g/mol. The van der Waals surface area contributed by atoms with Crippen molar-refractivity contribution in [2.75, 3.05) is 44.6 Å². The lowest BCUT2D eigenvalue weighted by Gasteiger charge is -2.42. The van der Waals surface area contributed by atoms with E-state index in [0.29, 0.717) is 11.1 Å². The van der Waals surface area contributed by atoms with Gasteiger partial charge in [0.15, 0.2) is 0 Å². The Morgan fingerprint density at radius 2 is 1.79 bits per heavy atom. The van der Waals surface area contributed by atoms with Crippen molar-refractivity contribution < 1.29 is 0 Å². The lowest BCUT2D eigenvalue weighted by Crippen LogP contribution is -2.49. The van der Waals surface area contributed by atoms with E-state index in [9.17, 15) is 0 Å². The zero-order valence-corrected chi connectivity index (χ0v) is 19.9. The largest absolute Gasteiger partial charge is 0.383 e. The Morgan fingerprint density at radius 3 is 2.71 bits per heavy atom. The molecule has 0 spiro atoms. The number of anilines is 1. The highest BCUT2D eigenvalue weighted by Crippen LogP contribution is 2.38. The van der Waals surface area contributed by atoms with Gasteiger partial charge in [0.25, 0.3) is 0 Å². The molecule has 1 aliphatic heterocycles. The summed E-state index contributed by atoms with van der Waals surface area (Å²) in [5, 5.41) is 5.44. The number of rotatable bonds is 5. The van der Waals surface area contributed by atoms with Gasteiger partial charge in [-0.2, -0.15) is 0 Å². The Bertz CT molecular complexity index is 1270. The monoisotopic (exact) mass is 466 g/mol. The van der Waals surface area contributed by atoms with Crippen LogP contribution < -0.4 is 5.32 Å². The zero-order chi connectivity index (χ0) is 22.9. The number of hydrogen-bond donors (Lipinski definition) is 1. The van der Waals surface area contributed by atoms with Crippen LogP contribution in [0.5, 0.6) is 0 Å². The van der Waals surface area contributed by atoms with Gasteiger partial charge in [-0.05, 0) is 65.1 Å². The van der Waals surface area contributed by atoms with Crippen LogP contribution in [0.3, 0.4) is 0 Å². The number of pyridine rings is 1. The molecule has 4 nitrogen and oxygen atoms in total. The van der Waals surface area contributed by atoms with Crippen molar-refractivity contribution in [1.82, 2.24) is 14.8 Å². The highest BCUT2D eigenvalue weighted by atomic mass is 35.5. The molecule has 1 unspecified atom stereocenters. The molecular formula is C29H27ClN4. The number of halogens is 1. The van der Waals surface area contributed by atoms with Crippen molar-refractivity contribution in [3.05, 3.63) is 106 Å². The number of nitrogens with one attached hydrogen (secondary N) is 1. The molecule has 6 rings (SSSR count). The minimum absolute atomic E-state index is 0.320. The number of hydrogen-bond acceptors (Lipinski definition) is 4. The van der Waals surface area contributed by atoms with E-state index in [2.05, 4.69) is 68.6 Å². The first kappa shape index (κ1) is 21.4. The van der Waals surface area contributed by atoms with Crippen molar-refractivity contribution in [1.29, 1.82) is 0 Å². The summed E-state index contributed by atoms with van der Waals surface area (Å²) in [7, 11) is 0. The van der Waals surface area contributed by atoms with Crippen LogP contribution in [0.1, 0.15) is 28.3 Å². The van der Waals surface area contributed by atoms with Crippen LogP contribution in [-0.4, -0.2) is 54.1 Å². The Hall–Kier alpha value is -3.10. The van der Waals surface area contributed by atoms with E-state index in [-0.39, 0.29) is 0 Å². The molecule has 1 fully saturated rings.